The van der Waals surface area contributed by atoms with Crippen molar-refractivity contribution in [3.05, 3.63) is 46.8 Å². The van der Waals surface area contributed by atoms with Crippen molar-refractivity contribution in [1.82, 2.24) is 0 Å². The van der Waals surface area contributed by atoms with Gasteiger partial charge in [0, 0.05) is 0 Å². The predicted octanol–water partition coefficient (Wildman–Crippen LogP) is 2.60. The van der Waals surface area contributed by atoms with Crippen LogP contribution in [0.2, 0.25) is 0 Å². The predicted molar refractivity (Wildman–Crippen MR) is 72.9 cm³/mol. The van der Waals surface area contributed by atoms with Crippen molar-refractivity contribution >= 4 is 21.2 Å². The van der Waals surface area contributed by atoms with E-state index in [0.29, 0.717) is 21.1 Å². The van der Waals surface area contributed by atoms with Gasteiger partial charge >= 0.3 is 0 Å². The van der Waals surface area contributed by atoms with Crippen LogP contribution in [-0.4, -0.2) is 15.5 Å². The Morgan fingerprint density at radius 3 is 2.74 bits per heavy atom. The Morgan fingerprint density at radius 1 is 1.37 bits per heavy atom. The molecule has 0 atom stereocenters. The Bertz CT molecular complexity index is 713. The van der Waals surface area contributed by atoms with E-state index < -0.39 is 9.84 Å². The summed E-state index contributed by atoms with van der Waals surface area (Å²) in [5, 5.41) is 10.6. The molecule has 0 fully saturated rings. The van der Waals surface area contributed by atoms with E-state index in [1.807, 2.05) is 6.07 Å². The van der Waals surface area contributed by atoms with Crippen molar-refractivity contribution in [3.8, 4) is 11.8 Å². The number of nitrogens with zero attached hydrogens (tertiary/aromatic N) is 1. The molecule has 0 bridgehead atoms. The molecule has 0 saturated carbocycles. The lowest BCUT2D eigenvalue weighted by Gasteiger charge is -2.06. The molecular weight excluding hydrogens is 282 g/mol. The molecule has 0 aliphatic rings. The summed E-state index contributed by atoms with van der Waals surface area (Å²) >= 11 is 1.20. The van der Waals surface area contributed by atoms with Crippen LogP contribution in [-0.2, 0) is 15.6 Å². The second-order valence-electron chi connectivity index (χ2n) is 3.84. The number of ether oxygens (including phenoxy) is 1. The van der Waals surface area contributed by atoms with E-state index in [0.717, 1.165) is 0 Å². The summed E-state index contributed by atoms with van der Waals surface area (Å²) in [6.07, 6.45) is 0. The Morgan fingerprint density at radius 2 is 2.16 bits per heavy atom. The normalized spacial score (nSPS) is 10.9. The van der Waals surface area contributed by atoms with Gasteiger partial charge in [0.05, 0.1) is 18.4 Å². The monoisotopic (exact) mass is 293 g/mol. The molecular formula is C13H11NO3S2. The largest absolute Gasteiger partial charge is 0.495 e. The molecule has 0 aliphatic carbocycles. The fourth-order valence-electron chi connectivity index (χ4n) is 1.65. The molecule has 2 rings (SSSR count). The molecule has 0 saturated heterocycles. The molecule has 1 heterocycles. The molecule has 0 aliphatic heterocycles. The summed E-state index contributed by atoms with van der Waals surface area (Å²) in [5.41, 5.74) is 0.990. The van der Waals surface area contributed by atoms with E-state index in [-0.39, 0.29) is 5.75 Å². The highest BCUT2D eigenvalue weighted by atomic mass is 32.2. The maximum atomic E-state index is 12.1. The third-order valence-electron chi connectivity index (χ3n) is 2.54. The van der Waals surface area contributed by atoms with Crippen LogP contribution in [0.3, 0.4) is 0 Å². The maximum absolute atomic E-state index is 12.1. The summed E-state index contributed by atoms with van der Waals surface area (Å²) < 4.78 is 29.7. The Labute approximate surface area is 115 Å². The number of thiophene rings is 1. The van der Waals surface area contributed by atoms with E-state index >= 15 is 0 Å². The number of rotatable bonds is 4. The van der Waals surface area contributed by atoms with Gasteiger partial charge < -0.3 is 4.74 Å². The zero-order chi connectivity index (χ0) is 13.9. The summed E-state index contributed by atoms with van der Waals surface area (Å²) in [7, 11) is -1.88. The van der Waals surface area contributed by atoms with Crippen LogP contribution < -0.4 is 4.74 Å². The van der Waals surface area contributed by atoms with Gasteiger partial charge in [-0.1, -0.05) is 12.1 Å². The highest BCUT2D eigenvalue weighted by molar-refractivity contribution is 7.92. The van der Waals surface area contributed by atoms with Crippen molar-refractivity contribution in [2.75, 3.05) is 7.11 Å². The number of hydrogen-bond acceptors (Lipinski definition) is 5. The minimum atomic E-state index is -3.33. The summed E-state index contributed by atoms with van der Waals surface area (Å²) in [6.45, 7) is 0. The van der Waals surface area contributed by atoms with Crippen LogP contribution in [0.5, 0.6) is 5.75 Å². The van der Waals surface area contributed by atoms with Crippen LogP contribution in [0.4, 0.5) is 0 Å². The van der Waals surface area contributed by atoms with Gasteiger partial charge in [0.25, 0.3) is 0 Å². The molecule has 0 unspecified atom stereocenters. The van der Waals surface area contributed by atoms with Crippen molar-refractivity contribution in [2.45, 2.75) is 9.96 Å². The first-order valence-corrected chi connectivity index (χ1v) is 7.93. The van der Waals surface area contributed by atoms with Gasteiger partial charge in [-0.2, -0.15) is 5.26 Å². The fourth-order valence-corrected chi connectivity index (χ4v) is 4.07. The molecule has 6 heteroatoms. The lowest BCUT2D eigenvalue weighted by Crippen LogP contribution is -2.03. The molecule has 0 radical (unpaired) electrons. The molecule has 19 heavy (non-hydrogen) atoms. The zero-order valence-electron chi connectivity index (χ0n) is 10.2. The average molecular weight is 293 g/mol. The number of sulfone groups is 1. The summed E-state index contributed by atoms with van der Waals surface area (Å²) in [6, 6.07) is 10.1. The smallest absolute Gasteiger partial charge is 0.191 e. The highest BCUT2D eigenvalue weighted by Crippen LogP contribution is 2.24. The third-order valence-corrected chi connectivity index (χ3v) is 5.72. The maximum Gasteiger partial charge on any atom is 0.191 e. The Kier molecular flexibility index (Phi) is 3.88. The highest BCUT2D eigenvalue weighted by Gasteiger charge is 2.17. The van der Waals surface area contributed by atoms with Crippen LogP contribution in [0.25, 0.3) is 0 Å². The topological polar surface area (TPSA) is 67.2 Å². The lowest BCUT2D eigenvalue weighted by molar-refractivity contribution is 0.413. The molecule has 1 aromatic carbocycles. The van der Waals surface area contributed by atoms with E-state index in [1.54, 1.807) is 35.7 Å². The van der Waals surface area contributed by atoms with Crippen LogP contribution in [0.15, 0.2) is 39.9 Å². The first-order valence-electron chi connectivity index (χ1n) is 5.40. The number of methoxy groups -OCH3 is 1. The molecule has 4 nitrogen and oxygen atoms in total. The number of hydrogen-bond donors (Lipinski definition) is 0. The van der Waals surface area contributed by atoms with Crippen LogP contribution >= 0.6 is 11.3 Å². The first-order chi connectivity index (χ1) is 9.06. The van der Waals surface area contributed by atoms with Gasteiger partial charge in [-0.05, 0) is 29.1 Å². The van der Waals surface area contributed by atoms with Crippen molar-refractivity contribution in [3.63, 3.8) is 0 Å². The van der Waals surface area contributed by atoms with Crippen molar-refractivity contribution < 1.29 is 13.2 Å². The summed E-state index contributed by atoms with van der Waals surface area (Å²) in [5.74, 6) is 0.289. The SMILES string of the molecule is COc1cc(CS(=O)(=O)c2cccs2)ccc1C#N. The van der Waals surface area contributed by atoms with Gasteiger partial charge in [0.2, 0.25) is 0 Å². The van der Waals surface area contributed by atoms with Crippen LogP contribution in [0, 0.1) is 11.3 Å². The zero-order valence-corrected chi connectivity index (χ0v) is 11.8. The van der Waals surface area contributed by atoms with Crippen molar-refractivity contribution in [2.24, 2.45) is 0 Å². The van der Waals surface area contributed by atoms with E-state index in [4.69, 9.17) is 10.00 Å². The molecule has 0 N–H and O–H groups in total. The minimum absolute atomic E-state index is 0.102. The first kappa shape index (κ1) is 13.6. The van der Waals surface area contributed by atoms with Gasteiger partial charge in [-0.25, -0.2) is 8.42 Å². The second-order valence-corrected chi connectivity index (χ2v) is 7.00. The molecule has 1 aromatic heterocycles. The van der Waals surface area contributed by atoms with E-state index in [2.05, 4.69) is 0 Å². The molecule has 0 spiro atoms. The second kappa shape index (κ2) is 5.43. The van der Waals surface area contributed by atoms with Gasteiger partial charge in [-0.15, -0.1) is 11.3 Å². The van der Waals surface area contributed by atoms with Gasteiger partial charge in [-0.3, -0.25) is 0 Å². The average Bonchev–Trinajstić information content (AvgIpc) is 2.93. The quantitative estimate of drug-likeness (QED) is 0.869. The molecule has 2 aromatic rings. The Hall–Kier alpha value is -1.84. The van der Waals surface area contributed by atoms with Gasteiger partial charge in [0.15, 0.2) is 9.84 Å². The molecule has 0 amide bonds. The van der Waals surface area contributed by atoms with Crippen LogP contribution in [0.1, 0.15) is 11.1 Å². The standard InChI is InChI=1S/C13H11NO3S2/c1-17-12-7-10(4-5-11(12)8-14)9-19(15,16)13-3-2-6-18-13/h2-7H,9H2,1H3. The number of benzene rings is 1. The van der Waals surface area contributed by atoms with E-state index in [9.17, 15) is 8.42 Å². The lowest BCUT2D eigenvalue weighted by atomic mass is 10.1. The van der Waals surface area contributed by atoms with Crippen molar-refractivity contribution in [1.29, 1.82) is 5.26 Å². The van der Waals surface area contributed by atoms with E-state index in [1.165, 1.54) is 18.4 Å². The Balaban J connectivity index is 2.33. The van der Waals surface area contributed by atoms with Gasteiger partial charge in [0.1, 0.15) is 16.0 Å². The fraction of sp³-hybridized carbons (Fsp3) is 0.154. The minimum Gasteiger partial charge on any atom is -0.495 e. The number of nitriles is 1. The molecule has 98 valence electrons. The third kappa shape index (κ3) is 2.95. The summed E-state index contributed by atoms with van der Waals surface area (Å²) in [4.78, 5) is 0.